The zero-order valence-electron chi connectivity index (χ0n) is 18.4. The lowest BCUT2D eigenvalue weighted by Crippen LogP contribution is -2.53. The summed E-state index contributed by atoms with van der Waals surface area (Å²) in [5, 5.41) is 4.60. The number of amides is 1. The van der Waals surface area contributed by atoms with Crippen LogP contribution in [0.1, 0.15) is 47.6 Å². The molecule has 0 spiro atoms. The molecular formula is C27H28Cl2N2O. The third-order valence-electron chi connectivity index (χ3n) is 6.67. The van der Waals surface area contributed by atoms with Gasteiger partial charge in [-0.05, 0) is 74.0 Å². The number of rotatable bonds is 6. The first-order valence-electron chi connectivity index (χ1n) is 11.0. The molecule has 3 nitrogen and oxygen atoms in total. The highest BCUT2D eigenvalue weighted by Gasteiger charge is 2.44. The van der Waals surface area contributed by atoms with Gasteiger partial charge in [-0.25, -0.2) is 0 Å². The van der Waals surface area contributed by atoms with E-state index in [1.54, 1.807) is 12.1 Å². The van der Waals surface area contributed by atoms with Gasteiger partial charge in [0.25, 0.3) is 5.91 Å². The topological polar surface area (TPSA) is 32.3 Å². The van der Waals surface area contributed by atoms with Crippen LogP contribution >= 0.6 is 23.2 Å². The van der Waals surface area contributed by atoms with Crippen molar-refractivity contribution in [2.24, 2.45) is 0 Å². The van der Waals surface area contributed by atoms with E-state index in [4.69, 9.17) is 23.2 Å². The molecule has 0 heterocycles. The molecule has 3 aromatic rings. The van der Waals surface area contributed by atoms with Crippen LogP contribution in [0.15, 0.2) is 72.8 Å². The summed E-state index contributed by atoms with van der Waals surface area (Å²) in [4.78, 5) is 16.0. The lowest BCUT2D eigenvalue weighted by atomic mass is 9.82. The Hall–Kier alpha value is -2.33. The average Bonchev–Trinajstić information content (AvgIpc) is 3.29. The summed E-state index contributed by atoms with van der Waals surface area (Å²) >= 11 is 12.5. The number of hydrogen-bond donors (Lipinski definition) is 1. The molecule has 0 bridgehead atoms. The second kappa shape index (κ2) is 9.66. The smallest absolute Gasteiger partial charge is 0.252 e. The Morgan fingerprint density at radius 3 is 2.25 bits per heavy atom. The van der Waals surface area contributed by atoms with Crippen LogP contribution in [0.5, 0.6) is 0 Å². The molecule has 1 fully saturated rings. The van der Waals surface area contributed by atoms with Gasteiger partial charge in [0.2, 0.25) is 0 Å². The van der Waals surface area contributed by atoms with Gasteiger partial charge in [-0.1, -0.05) is 78.5 Å². The van der Waals surface area contributed by atoms with E-state index in [1.807, 2.05) is 48.5 Å². The van der Waals surface area contributed by atoms with E-state index in [0.717, 1.165) is 42.4 Å². The fourth-order valence-corrected chi connectivity index (χ4v) is 5.34. The second-order valence-electron chi connectivity index (χ2n) is 8.72. The molecule has 0 radical (unpaired) electrons. The Bertz CT molecular complexity index is 1090. The first-order chi connectivity index (χ1) is 15.4. The SMILES string of the molecule is CN(C)C1(C(NC(=O)c2ccc(Cl)cc2-c2cccc(Cl)c2)c2ccccc2)CCCC1. The van der Waals surface area contributed by atoms with Crippen molar-refractivity contribution < 1.29 is 4.79 Å². The summed E-state index contributed by atoms with van der Waals surface area (Å²) in [6, 6.07) is 23.1. The lowest BCUT2D eigenvalue weighted by Gasteiger charge is -2.44. The molecule has 4 rings (SSSR count). The first kappa shape index (κ1) is 22.8. The first-order valence-corrected chi connectivity index (χ1v) is 11.7. The molecule has 1 amide bonds. The van der Waals surface area contributed by atoms with Crippen molar-refractivity contribution in [3.8, 4) is 11.1 Å². The van der Waals surface area contributed by atoms with Gasteiger partial charge in [0, 0.05) is 21.1 Å². The summed E-state index contributed by atoms with van der Waals surface area (Å²) in [6.45, 7) is 0. The van der Waals surface area contributed by atoms with Crippen molar-refractivity contribution in [1.29, 1.82) is 0 Å². The fraction of sp³-hybridized carbons (Fsp3) is 0.296. The summed E-state index contributed by atoms with van der Waals surface area (Å²) in [5.74, 6) is -0.112. The number of nitrogens with zero attached hydrogens (tertiary/aromatic N) is 1. The fourth-order valence-electron chi connectivity index (χ4n) is 4.97. The standard InChI is InChI=1S/C27H28Cl2N2O/c1-31(2)27(15-6-7-16-27)25(19-9-4-3-5-10-19)30-26(32)23-14-13-22(29)18-24(23)20-11-8-12-21(28)17-20/h3-5,8-14,17-18,25H,6-7,15-16H2,1-2H3,(H,30,32). The van der Waals surface area contributed by atoms with E-state index in [-0.39, 0.29) is 17.5 Å². The van der Waals surface area contributed by atoms with E-state index >= 15 is 0 Å². The van der Waals surface area contributed by atoms with Crippen molar-refractivity contribution >= 4 is 29.1 Å². The second-order valence-corrected chi connectivity index (χ2v) is 9.60. The maximum absolute atomic E-state index is 13.7. The molecule has 1 aliphatic carbocycles. The number of halogens is 2. The summed E-state index contributed by atoms with van der Waals surface area (Å²) in [6.07, 6.45) is 4.40. The van der Waals surface area contributed by atoms with Crippen molar-refractivity contribution in [2.45, 2.75) is 37.3 Å². The Kier molecular flexibility index (Phi) is 6.90. The monoisotopic (exact) mass is 466 g/mol. The number of hydrogen-bond acceptors (Lipinski definition) is 2. The maximum Gasteiger partial charge on any atom is 0.252 e. The van der Waals surface area contributed by atoms with E-state index in [2.05, 4.69) is 36.4 Å². The number of carbonyl (C=O) groups is 1. The Morgan fingerprint density at radius 2 is 1.59 bits per heavy atom. The van der Waals surface area contributed by atoms with Crippen LogP contribution < -0.4 is 5.32 Å². The highest BCUT2D eigenvalue weighted by Crippen LogP contribution is 2.43. The van der Waals surface area contributed by atoms with Crippen molar-refractivity contribution in [3.05, 3.63) is 94.0 Å². The molecule has 0 saturated heterocycles. The zero-order valence-corrected chi connectivity index (χ0v) is 20.0. The third-order valence-corrected chi connectivity index (χ3v) is 7.14. The van der Waals surface area contributed by atoms with Gasteiger partial charge in [0.05, 0.1) is 6.04 Å². The van der Waals surface area contributed by atoms with Crippen molar-refractivity contribution in [1.82, 2.24) is 10.2 Å². The molecule has 3 aromatic carbocycles. The summed E-state index contributed by atoms with van der Waals surface area (Å²) in [7, 11) is 4.24. The van der Waals surface area contributed by atoms with Gasteiger partial charge in [-0.2, -0.15) is 0 Å². The van der Waals surface area contributed by atoms with Crippen LogP contribution in [0.3, 0.4) is 0 Å². The quantitative estimate of drug-likeness (QED) is 0.423. The van der Waals surface area contributed by atoms with Gasteiger partial charge in [-0.15, -0.1) is 0 Å². The molecule has 1 N–H and O–H groups in total. The van der Waals surface area contributed by atoms with Crippen LogP contribution in [0.2, 0.25) is 10.0 Å². The molecule has 1 unspecified atom stereocenters. The Labute approximate surface area is 200 Å². The highest BCUT2D eigenvalue weighted by atomic mass is 35.5. The van der Waals surface area contributed by atoms with Gasteiger partial charge in [-0.3, -0.25) is 4.79 Å². The van der Waals surface area contributed by atoms with E-state index < -0.39 is 0 Å². The number of nitrogens with one attached hydrogen (secondary N) is 1. The molecule has 5 heteroatoms. The normalized spacial score (nSPS) is 16.2. The zero-order chi connectivity index (χ0) is 22.7. The van der Waals surface area contributed by atoms with Crippen molar-refractivity contribution in [2.75, 3.05) is 14.1 Å². The lowest BCUT2D eigenvalue weighted by molar-refractivity contribution is 0.0767. The molecule has 1 aliphatic rings. The maximum atomic E-state index is 13.7. The predicted octanol–water partition coefficient (Wildman–Crippen LogP) is 7.01. The number of carbonyl (C=O) groups excluding carboxylic acids is 1. The summed E-state index contributed by atoms with van der Waals surface area (Å²) in [5.41, 5.74) is 3.22. The van der Waals surface area contributed by atoms with Gasteiger partial charge in [0.15, 0.2) is 0 Å². The third kappa shape index (κ3) is 4.56. The van der Waals surface area contributed by atoms with Crippen LogP contribution in [-0.2, 0) is 0 Å². The minimum Gasteiger partial charge on any atom is -0.343 e. The van der Waals surface area contributed by atoms with Crippen LogP contribution in [0, 0.1) is 0 Å². The van der Waals surface area contributed by atoms with Gasteiger partial charge >= 0.3 is 0 Å². The molecule has 166 valence electrons. The largest absolute Gasteiger partial charge is 0.343 e. The molecule has 1 atom stereocenters. The summed E-state index contributed by atoms with van der Waals surface area (Å²) < 4.78 is 0. The van der Waals surface area contributed by atoms with E-state index in [9.17, 15) is 4.79 Å². The number of likely N-dealkylation sites (N-methyl/N-ethyl adjacent to an activating group) is 1. The minimum absolute atomic E-state index is 0.112. The van der Waals surface area contributed by atoms with E-state index in [0.29, 0.717) is 15.6 Å². The van der Waals surface area contributed by atoms with Gasteiger partial charge < -0.3 is 10.2 Å². The highest BCUT2D eigenvalue weighted by molar-refractivity contribution is 6.31. The molecule has 0 aromatic heterocycles. The minimum atomic E-state index is -0.128. The number of benzene rings is 3. The molecular weight excluding hydrogens is 439 g/mol. The predicted molar refractivity (Wildman–Crippen MR) is 133 cm³/mol. The Morgan fingerprint density at radius 1 is 0.906 bits per heavy atom. The van der Waals surface area contributed by atoms with Crippen LogP contribution in [0.25, 0.3) is 11.1 Å². The Balaban J connectivity index is 1.75. The van der Waals surface area contributed by atoms with E-state index in [1.165, 1.54) is 0 Å². The van der Waals surface area contributed by atoms with Crippen LogP contribution in [-0.4, -0.2) is 30.4 Å². The van der Waals surface area contributed by atoms with Crippen LogP contribution in [0.4, 0.5) is 0 Å². The van der Waals surface area contributed by atoms with Crippen molar-refractivity contribution in [3.63, 3.8) is 0 Å². The molecule has 1 saturated carbocycles. The molecule has 0 aliphatic heterocycles. The molecule has 32 heavy (non-hydrogen) atoms. The average molecular weight is 467 g/mol. The van der Waals surface area contributed by atoms with Gasteiger partial charge in [0.1, 0.15) is 0 Å².